The third-order valence-electron chi connectivity index (χ3n) is 4.42. The van der Waals surface area contributed by atoms with E-state index in [0.29, 0.717) is 6.54 Å². The van der Waals surface area contributed by atoms with Crippen molar-refractivity contribution < 1.29 is 4.79 Å². The highest BCUT2D eigenvalue weighted by Crippen LogP contribution is 2.29. The first-order chi connectivity index (χ1) is 11.9. The summed E-state index contributed by atoms with van der Waals surface area (Å²) in [5.74, 6) is 0.873. The van der Waals surface area contributed by atoms with Crippen molar-refractivity contribution in [2.75, 3.05) is 19.4 Å². The van der Waals surface area contributed by atoms with E-state index < -0.39 is 0 Å². The largest absolute Gasteiger partial charge is 0.347 e. The van der Waals surface area contributed by atoms with Gasteiger partial charge >= 0.3 is 0 Å². The number of hydrogen-bond acceptors (Lipinski definition) is 3. The van der Waals surface area contributed by atoms with Crippen LogP contribution in [-0.4, -0.2) is 34.5 Å². The standard InChI is InChI=1S/C20H24N4O/c1-13-10-14(2)19(15(3)11-13)22-20-16-7-9-24(12-18(25)23(4)5)17(16)6-8-21-20/h6-11H,12H2,1-5H3,(H,21,22). The molecule has 0 unspecified atom stereocenters. The molecule has 2 heterocycles. The van der Waals surface area contributed by atoms with Crippen molar-refractivity contribution in [3.8, 4) is 0 Å². The highest BCUT2D eigenvalue weighted by molar-refractivity contribution is 5.93. The molecule has 0 aliphatic rings. The van der Waals surface area contributed by atoms with Gasteiger partial charge in [0.25, 0.3) is 0 Å². The Morgan fingerprint density at radius 3 is 2.48 bits per heavy atom. The Balaban J connectivity index is 1.99. The van der Waals surface area contributed by atoms with Crippen molar-refractivity contribution in [2.45, 2.75) is 27.3 Å². The van der Waals surface area contributed by atoms with Crippen molar-refractivity contribution >= 4 is 28.3 Å². The van der Waals surface area contributed by atoms with Gasteiger partial charge in [-0.1, -0.05) is 17.7 Å². The number of carbonyl (C=O) groups is 1. The van der Waals surface area contributed by atoms with E-state index in [1.54, 1.807) is 25.2 Å². The number of nitrogens with zero attached hydrogens (tertiary/aromatic N) is 3. The highest BCUT2D eigenvalue weighted by Gasteiger charge is 2.12. The summed E-state index contributed by atoms with van der Waals surface area (Å²) < 4.78 is 1.96. The zero-order valence-electron chi connectivity index (χ0n) is 15.4. The monoisotopic (exact) mass is 336 g/mol. The Morgan fingerprint density at radius 2 is 1.84 bits per heavy atom. The number of pyridine rings is 1. The first-order valence-electron chi connectivity index (χ1n) is 8.35. The number of likely N-dealkylation sites (N-methyl/N-ethyl adjacent to an activating group) is 1. The van der Waals surface area contributed by atoms with Crippen LogP contribution in [0.3, 0.4) is 0 Å². The van der Waals surface area contributed by atoms with Gasteiger partial charge in [-0.15, -0.1) is 0 Å². The number of benzene rings is 1. The fourth-order valence-electron chi connectivity index (χ4n) is 3.14. The molecular weight excluding hydrogens is 312 g/mol. The molecule has 0 aliphatic heterocycles. The molecular formula is C20H24N4O. The van der Waals surface area contributed by atoms with Crippen molar-refractivity contribution in [3.05, 3.63) is 53.3 Å². The molecule has 1 N–H and O–H groups in total. The summed E-state index contributed by atoms with van der Waals surface area (Å²) in [4.78, 5) is 18.1. The molecule has 0 radical (unpaired) electrons. The Morgan fingerprint density at radius 1 is 1.16 bits per heavy atom. The lowest BCUT2D eigenvalue weighted by molar-refractivity contribution is -0.129. The summed E-state index contributed by atoms with van der Waals surface area (Å²) in [5, 5.41) is 4.49. The molecule has 0 saturated heterocycles. The van der Waals surface area contributed by atoms with Crippen molar-refractivity contribution in [1.29, 1.82) is 0 Å². The van der Waals surface area contributed by atoms with Crippen LogP contribution in [0.25, 0.3) is 10.9 Å². The van der Waals surface area contributed by atoms with Crippen molar-refractivity contribution in [1.82, 2.24) is 14.5 Å². The maximum Gasteiger partial charge on any atom is 0.241 e. The number of hydrogen-bond donors (Lipinski definition) is 1. The number of anilines is 2. The summed E-state index contributed by atoms with van der Waals surface area (Å²) in [6.45, 7) is 6.62. The average Bonchev–Trinajstić information content (AvgIpc) is 2.94. The predicted molar refractivity (Wildman–Crippen MR) is 102 cm³/mol. The lowest BCUT2D eigenvalue weighted by atomic mass is 10.1. The molecule has 2 aromatic heterocycles. The second kappa shape index (κ2) is 6.59. The second-order valence-electron chi connectivity index (χ2n) is 6.72. The van der Waals surface area contributed by atoms with Crippen LogP contribution in [0.2, 0.25) is 0 Å². The quantitative estimate of drug-likeness (QED) is 0.788. The van der Waals surface area contributed by atoms with Crippen LogP contribution in [-0.2, 0) is 11.3 Å². The normalized spacial score (nSPS) is 10.9. The number of rotatable bonds is 4. The van der Waals surface area contributed by atoms with Gasteiger partial charge in [0, 0.05) is 37.6 Å². The minimum Gasteiger partial charge on any atom is -0.347 e. The first kappa shape index (κ1) is 17.0. The lowest BCUT2D eigenvalue weighted by Crippen LogP contribution is -2.25. The van der Waals surface area contributed by atoms with Crippen molar-refractivity contribution in [3.63, 3.8) is 0 Å². The van der Waals surface area contributed by atoms with Gasteiger partial charge in [0.05, 0.1) is 5.52 Å². The Labute approximate surface area is 148 Å². The van der Waals surface area contributed by atoms with Crippen LogP contribution in [0, 0.1) is 20.8 Å². The van der Waals surface area contributed by atoms with E-state index >= 15 is 0 Å². The minimum atomic E-state index is 0.0639. The van der Waals surface area contributed by atoms with Gasteiger partial charge in [0.2, 0.25) is 5.91 Å². The van der Waals surface area contributed by atoms with E-state index in [4.69, 9.17) is 0 Å². The van der Waals surface area contributed by atoms with E-state index in [9.17, 15) is 4.79 Å². The summed E-state index contributed by atoms with van der Waals surface area (Å²) in [7, 11) is 3.54. The fraction of sp³-hybridized carbons (Fsp3) is 0.300. The van der Waals surface area contributed by atoms with E-state index in [1.807, 2.05) is 22.9 Å². The number of amides is 1. The topological polar surface area (TPSA) is 50.2 Å². The van der Waals surface area contributed by atoms with Crippen molar-refractivity contribution in [2.24, 2.45) is 0 Å². The lowest BCUT2D eigenvalue weighted by Gasteiger charge is -2.15. The minimum absolute atomic E-state index is 0.0639. The predicted octanol–water partition coefficient (Wildman–Crippen LogP) is 3.79. The van der Waals surface area contributed by atoms with Gasteiger partial charge < -0.3 is 14.8 Å². The summed E-state index contributed by atoms with van der Waals surface area (Å²) in [5.41, 5.74) is 5.72. The van der Waals surface area contributed by atoms with E-state index in [0.717, 1.165) is 22.4 Å². The number of aromatic nitrogens is 2. The number of fused-ring (bicyclic) bond motifs is 1. The van der Waals surface area contributed by atoms with Gasteiger partial charge in [-0.2, -0.15) is 0 Å². The van der Waals surface area contributed by atoms with E-state index in [-0.39, 0.29) is 5.91 Å². The Hall–Kier alpha value is -2.82. The maximum absolute atomic E-state index is 12.0. The van der Waals surface area contributed by atoms with Crippen LogP contribution in [0.1, 0.15) is 16.7 Å². The van der Waals surface area contributed by atoms with Crippen LogP contribution in [0.4, 0.5) is 11.5 Å². The fourth-order valence-corrected chi connectivity index (χ4v) is 3.14. The first-order valence-corrected chi connectivity index (χ1v) is 8.35. The second-order valence-corrected chi connectivity index (χ2v) is 6.72. The van der Waals surface area contributed by atoms with Gasteiger partial charge in [0.1, 0.15) is 12.4 Å². The molecule has 0 spiro atoms. The Kier molecular flexibility index (Phi) is 4.49. The summed E-state index contributed by atoms with van der Waals surface area (Å²) >= 11 is 0. The molecule has 0 bridgehead atoms. The van der Waals surface area contributed by atoms with Gasteiger partial charge in [-0.3, -0.25) is 4.79 Å². The van der Waals surface area contributed by atoms with Crippen LogP contribution >= 0.6 is 0 Å². The molecule has 0 fully saturated rings. The van der Waals surface area contributed by atoms with E-state index in [1.165, 1.54) is 16.7 Å². The zero-order valence-corrected chi connectivity index (χ0v) is 15.4. The SMILES string of the molecule is Cc1cc(C)c(Nc2nccc3c2ccn3CC(=O)N(C)C)c(C)c1. The summed E-state index contributed by atoms with van der Waals surface area (Å²) in [6.07, 6.45) is 3.72. The van der Waals surface area contributed by atoms with Gasteiger partial charge in [-0.05, 0) is 44.0 Å². The zero-order chi connectivity index (χ0) is 18.1. The molecule has 0 aliphatic carbocycles. The molecule has 0 saturated carbocycles. The van der Waals surface area contributed by atoms with Crippen LogP contribution in [0.15, 0.2) is 36.7 Å². The number of aryl methyl sites for hydroxylation is 3. The van der Waals surface area contributed by atoms with Crippen LogP contribution < -0.4 is 5.32 Å². The Bertz CT molecular complexity index is 917. The summed E-state index contributed by atoms with van der Waals surface area (Å²) in [6, 6.07) is 8.28. The van der Waals surface area contributed by atoms with Gasteiger partial charge in [0.15, 0.2) is 0 Å². The third kappa shape index (κ3) is 3.36. The molecule has 130 valence electrons. The number of carbonyl (C=O) groups excluding carboxylic acids is 1. The highest BCUT2D eigenvalue weighted by atomic mass is 16.2. The smallest absolute Gasteiger partial charge is 0.241 e. The van der Waals surface area contributed by atoms with E-state index in [2.05, 4.69) is 43.2 Å². The number of nitrogens with one attached hydrogen (secondary N) is 1. The molecule has 5 heteroatoms. The van der Waals surface area contributed by atoms with Gasteiger partial charge in [-0.25, -0.2) is 4.98 Å². The molecule has 25 heavy (non-hydrogen) atoms. The molecule has 5 nitrogen and oxygen atoms in total. The molecule has 1 aromatic carbocycles. The average molecular weight is 336 g/mol. The molecule has 3 rings (SSSR count). The molecule has 1 amide bonds. The van der Waals surface area contributed by atoms with Crippen LogP contribution in [0.5, 0.6) is 0 Å². The molecule has 0 atom stereocenters. The molecule has 3 aromatic rings. The third-order valence-corrected chi connectivity index (χ3v) is 4.42. The maximum atomic E-state index is 12.0.